The van der Waals surface area contributed by atoms with E-state index in [1.165, 1.54) is 0 Å². The average Bonchev–Trinajstić information content (AvgIpc) is 3.16. The fourth-order valence-corrected chi connectivity index (χ4v) is 3.34. The van der Waals surface area contributed by atoms with Gasteiger partial charge in [0.15, 0.2) is 5.82 Å². The third-order valence-corrected chi connectivity index (χ3v) is 4.42. The molecule has 1 fully saturated rings. The highest BCUT2D eigenvalue weighted by molar-refractivity contribution is 5.95. The Labute approximate surface area is 134 Å². The number of hydrogen-bond donors (Lipinski definition) is 2. The molecule has 23 heavy (non-hydrogen) atoms. The Morgan fingerprint density at radius 3 is 3.09 bits per heavy atom. The molecule has 3 rings (SSSR count). The second-order valence-corrected chi connectivity index (χ2v) is 6.34. The summed E-state index contributed by atoms with van der Waals surface area (Å²) in [7, 11) is 1.63. The Bertz CT molecular complexity index is 694. The van der Waals surface area contributed by atoms with Crippen molar-refractivity contribution in [2.24, 2.45) is 0 Å². The molecular formula is C15H22N6O2. The highest BCUT2D eigenvalue weighted by atomic mass is 16.5. The fraction of sp³-hybridized carbons (Fsp3) is 0.600. The molecule has 1 amide bonds. The Morgan fingerprint density at radius 2 is 2.39 bits per heavy atom. The van der Waals surface area contributed by atoms with Crippen molar-refractivity contribution in [3.8, 4) is 0 Å². The predicted octanol–water partition coefficient (Wildman–Crippen LogP) is 1.01. The first kappa shape index (κ1) is 15.7. The molecule has 2 aromatic heterocycles. The van der Waals surface area contributed by atoms with Gasteiger partial charge in [0.25, 0.3) is 5.91 Å². The van der Waals surface area contributed by atoms with Crippen LogP contribution in [0, 0.1) is 6.92 Å². The second-order valence-electron chi connectivity index (χ2n) is 6.34. The van der Waals surface area contributed by atoms with Gasteiger partial charge < -0.3 is 9.84 Å². The zero-order chi connectivity index (χ0) is 16.4. The maximum Gasteiger partial charge on any atom is 0.254 e. The van der Waals surface area contributed by atoms with Crippen molar-refractivity contribution < 1.29 is 9.32 Å². The average molecular weight is 318 g/mol. The van der Waals surface area contributed by atoms with Crippen LogP contribution in [0.25, 0.3) is 0 Å². The van der Waals surface area contributed by atoms with Crippen LogP contribution in [0.2, 0.25) is 0 Å². The number of nitrogens with zero attached hydrogens (tertiary/aromatic N) is 4. The summed E-state index contributed by atoms with van der Waals surface area (Å²) in [4.78, 5) is 18.6. The lowest BCUT2D eigenvalue weighted by atomic mass is 9.77. The highest BCUT2D eigenvalue weighted by Crippen LogP contribution is 2.34. The third kappa shape index (κ3) is 3.12. The monoisotopic (exact) mass is 318 g/mol. The molecular weight excluding hydrogens is 296 g/mol. The van der Waals surface area contributed by atoms with Gasteiger partial charge in [-0.25, -0.2) is 0 Å². The van der Waals surface area contributed by atoms with E-state index in [0.717, 1.165) is 31.6 Å². The van der Waals surface area contributed by atoms with E-state index in [1.54, 1.807) is 20.2 Å². The van der Waals surface area contributed by atoms with Gasteiger partial charge in [-0.05, 0) is 19.4 Å². The minimum Gasteiger partial charge on any atom is -0.355 e. The van der Waals surface area contributed by atoms with Crippen molar-refractivity contribution >= 4 is 5.91 Å². The molecule has 0 aliphatic carbocycles. The molecule has 0 unspecified atom stereocenters. The summed E-state index contributed by atoms with van der Waals surface area (Å²) in [5.41, 5.74) is 1.35. The summed E-state index contributed by atoms with van der Waals surface area (Å²) in [5.74, 6) is 1.17. The summed E-state index contributed by atoms with van der Waals surface area (Å²) in [6, 6.07) is 0. The minimum absolute atomic E-state index is 0.110. The van der Waals surface area contributed by atoms with Gasteiger partial charge in [-0.15, -0.1) is 0 Å². The van der Waals surface area contributed by atoms with Gasteiger partial charge in [0.05, 0.1) is 24.0 Å². The number of H-pyrrole nitrogens is 1. The lowest BCUT2D eigenvalue weighted by Gasteiger charge is -2.39. The molecule has 1 saturated heterocycles. The van der Waals surface area contributed by atoms with Crippen LogP contribution >= 0.6 is 0 Å². The van der Waals surface area contributed by atoms with Gasteiger partial charge in [0.1, 0.15) is 0 Å². The number of nitrogens with one attached hydrogen (secondary N) is 2. The van der Waals surface area contributed by atoms with E-state index in [4.69, 9.17) is 4.52 Å². The Hall–Kier alpha value is -2.22. The zero-order valence-corrected chi connectivity index (χ0v) is 13.7. The molecule has 0 saturated carbocycles. The number of carbonyl (C=O) groups is 1. The minimum atomic E-state index is -0.157. The number of hydrogen-bond acceptors (Lipinski definition) is 6. The summed E-state index contributed by atoms with van der Waals surface area (Å²) in [6.07, 6.45) is 3.64. The van der Waals surface area contributed by atoms with Crippen LogP contribution in [0.1, 0.15) is 47.5 Å². The van der Waals surface area contributed by atoms with Gasteiger partial charge in [0.2, 0.25) is 5.89 Å². The van der Waals surface area contributed by atoms with Gasteiger partial charge in [-0.1, -0.05) is 12.1 Å². The van der Waals surface area contributed by atoms with Crippen LogP contribution < -0.4 is 5.32 Å². The molecule has 0 radical (unpaired) electrons. The molecule has 0 aromatic carbocycles. The molecule has 0 spiro atoms. The highest BCUT2D eigenvalue weighted by Gasteiger charge is 2.37. The van der Waals surface area contributed by atoms with Crippen molar-refractivity contribution in [2.75, 3.05) is 20.1 Å². The number of aryl methyl sites for hydroxylation is 1. The standard InChI is InChI=1S/C15H22N6O2/c1-10-18-12(20-23-10)8-21-6-4-5-15(2,9-21)13-11(7-17-19-13)14(22)16-3/h7H,4-6,8-9H2,1-3H3,(H,16,22)(H,17,19)/t15-/m0/s1. The first-order valence-electron chi connectivity index (χ1n) is 7.79. The second kappa shape index (κ2) is 6.11. The molecule has 124 valence electrons. The van der Waals surface area contributed by atoms with Crippen LogP contribution in [-0.2, 0) is 12.0 Å². The van der Waals surface area contributed by atoms with Crippen LogP contribution in [0.3, 0.4) is 0 Å². The Kier molecular flexibility index (Phi) is 4.16. The van der Waals surface area contributed by atoms with E-state index in [-0.39, 0.29) is 11.3 Å². The molecule has 0 bridgehead atoms. The summed E-state index contributed by atoms with van der Waals surface area (Å²) in [5, 5.41) is 13.8. The maximum atomic E-state index is 12.0. The Morgan fingerprint density at radius 1 is 1.57 bits per heavy atom. The normalized spacial score (nSPS) is 22.2. The predicted molar refractivity (Wildman–Crippen MR) is 82.9 cm³/mol. The van der Waals surface area contributed by atoms with Crippen LogP contribution in [-0.4, -0.2) is 51.3 Å². The number of aromatic nitrogens is 4. The maximum absolute atomic E-state index is 12.0. The molecule has 3 heterocycles. The molecule has 1 aliphatic heterocycles. The first-order chi connectivity index (χ1) is 11.0. The Balaban J connectivity index is 1.79. The lowest BCUT2D eigenvalue weighted by molar-refractivity contribution is 0.0955. The van der Waals surface area contributed by atoms with E-state index >= 15 is 0 Å². The van der Waals surface area contributed by atoms with Crippen molar-refractivity contribution in [3.05, 3.63) is 29.2 Å². The van der Waals surface area contributed by atoms with Crippen LogP contribution in [0.15, 0.2) is 10.7 Å². The molecule has 8 nitrogen and oxygen atoms in total. The summed E-state index contributed by atoms with van der Waals surface area (Å²) >= 11 is 0. The van der Waals surface area contributed by atoms with Gasteiger partial charge in [-0.2, -0.15) is 10.1 Å². The number of amides is 1. The summed E-state index contributed by atoms with van der Waals surface area (Å²) in [6.45, 7) is 6.40. The summed E-state index contributed by atoms with van der Waals surface area (Å²) < 4.78 is 5.04. The lowest BCUT2D eigenvalue weighted by Crippen LogP contribution is -2.45. The van der Waals surface area contributed by atoms with Gasteiger partial charge in [0, 0.05) is 25.9 Å². The van der Waals surface area contributed by atoms with Crippen molar-refractivity contribution in [1.29, 1.82) is 0 Å². The molecule has 2 aromatic rings. The number of piperidine rings is 1. The largest absolute Gasteiger partial charge is 0.355 e. The molecule has 8 heteroatoms. The van der Waals surface area contributed by atoms with Crippen LogP contribution in [0.5, 0.6) is 0 Å². The number of carbonyl (C=O) groups excluding carboxylic acids is 1. The quantitative estimate of drug-likeness (QED) is 0.873. The first-order valence-corrected chi connectivity index (χ1v) is 7.79. The zero-order valence-electron chi connectivity index (χ0n) is 13.7. The number of rotatable bonds is 4. The van der Waals surface area contributed by atoms with E-state index in [9.17, 15) is 4.79 Å². The van der Waals surface area contributed by atoms with Gasteiger partial charge >= 0.3 is 0 Å². The topological polar surface area (TPSA) is 99.9 Å². The van der Waals surface area contributed by atoms with E-state index in [0.29, 0.717) is 23.8 Å². The fourth-order valence-electron chi connectivity index (χ4n) is 3.34. The van der Waals surface area contributed by atoms with Crippen molar-refractivity contribution in [3.63, 3.8) is 0 Å². The smallest absolute Gasteiger partial charge is 0.254 e. The van der Waals surface area contributed by atoms with E-state index < -0.39 is 0 Å². The van der Waals surface area contributed by atoms with Crippen molar-refractivity contribution in [2.45, 2.75) is 38.6 Å². The van der Waals surface area contributed by atoms with Crippen molar-refractivity contribution in [1.82, 2.24) is 30.6 Å². The SMILES string of the molecule is CNC(=O)c1cn[nH]c1[C@@]1(C)CCCN(Cc2noc(C)n2)C1. The number of likely N-dealkylation sites (tertiary alicyclic amines) is 1. The van der Waals surface area contributed by atoms with Crippen LogP contribution in [0.4, 0.5) is 0 Å². The van der Waals surface area contributed by atoms with E-state index in [2.05, 4.69) is 37.5 Å². The molecule has 1 atom stereocenters. The number of aromatic amines is 1. The molecule has 1 aliphatic rings. The van der Waals surface area contributed by atoms with E-state index in [1.807, 2.05) is 0 Å². The van der Waals surface area contributed by atoms with Gasteiger partial charge in [-0.3, -0.25) is 14.8 Å². The third-order valence-electron chi connectivity index (χ3n) is 4.42. The molecule has 2 N–H and O–H groups in total.